The van der Waals surface area contributed by atoms with Gasteiger partial charge in [0.25, 0.3) is 5.91 Å². The van der Waals surface area contributed by atoms with E-state index in [0.29, 0.717) is 18.0 Å². The molecule has 0 radical (unpaired) electrons. The molecule has 0 saturated carbocycles. The molecule has 2 N–H and O–H groups in total. The molecule has 0 saturated heterocycles. The number of aromatic nitrogens is 1. The summed E-state index contributed by atoms with van der Waals surface area (Å²) in [6.45, 7) is 0.409. The fourth-order valence-electron chi connectivity index (χ4n) is 1.73. The largest absolute Gasteiger partial charge is 0.497 e. The van der Waals surface area contributed by atoms with Gasteiger partial charge in [-0.2, -0.15) is 0 Å². The summed E-state index contributed by atoms with van der Waals surface area (Å²) in [4.78, 5) is 26.7. The number of thioether (sulfide) groups is 1. The third kappa shape index (κ3) is 5.26. The molecule has 1 aromatic carbocycles. The van der Waals surface area contributed by atoms with E-state index >= 15 is 0 Å². The number of carboxylic acids is 1. The van der Waals surface area contributed by atoms with Crippen molar-refractivity contribution >= 4 is 35.0 Å². The lowest BCUT2D eigenvalue weighted by Crippen LogP contribution is -2.26. The molecule has 2 rings (SSSR count). The highest BCUT2D eigenvalue weighted by molar-refractivity contribution is 7.99. The van der Waals surface area contributed by atoms with Crippen molar-refractivity contribution in [3.05, 3.63) is 35.3 Å². The Hall–Kier alpha value is -2.06. The van der Waals surface area contributed by atoms with E-state index in [-0.39, 0.29) is 11.7 Å². The second kappa shape index (κ2) is 8.54. The lowest BCUT2D eigenvalue weighted by atomic mass is 10.2. The van der Waals surface area contributed by atoms with Crippen LogP contribution in [0.3, 0.4) is 0 Å². The average molecular weight is 352 g/mol. The molecule has 0 aliphatic rings. The Morgan fingerprint density at radius 1 is 1.35 bits per heavy atom. The summed E-state index contributed by atoms with van der Waals surface area (Å²) in [7, 11) is 1.61. The maximum Gasteiger partial charge on any atom is 0.313 e. The van der Waals surface area contributed by atoms with Gasteiger partial charge in [-0.15, -0.1) is 23.1 Å². The summed E-state index contributed by atoms with van der Waals surface area (Å²) in [5.41, 5.74) is 1.29. The first kappa shape index (κ1) is 17.3. The Labute approximate surface area is 141 Å². The first-order valence-corrected chi connectivity index (χ1v) is 8.81. The third-order valence-electron chi connectivity index (χ3n) is 2.83. The van der Waals surface area contributed by atoms with E-state index < -0.39 is 5.97 Å². The Kier molecular flexibility index (Phi) is 6.42. The van der Waals surface area contributed by atoms with Gasteiger partial charge >= 0.3 is 5.97 Å². The molecule has 23 heavy (non-hydrogen) atoms. The van der Waals surface area contributed by atoms with Crippen molar-refractivity contribution in [1.82, 2.24) is 10.3 Å². The number of hydrogen-bond donors (Lipinski definition) is 2. The van der Waals surface area contributed by atoms with Crippen molar-refractivity contribution in [2.45, 2.75) is 0 Å². The molecular weight excluding hydrogens is 336 g/mol. The summed E-state index contributed by atoms with van der Waals surface area (Å²) < 4.78 is 5.11. The first-order valence-electron chi connectivity index (χ1n) is 6.78. The van der Waals surface area contributed by atoms with E-state index in [1.807, 2.05) is 24.3 Å². The minimum Gasteiger partial charge on any atom is -0.497 e. The molecule has 8 heteroatoms. The van der Waals surface area contributed by atoms with Gasteiger partial charge in [0.1, 0.15) is 16.5 Å². The fourth-order valence-corrected chi connectivity index (χ4v) is 3.10. The molecule has 1 heterocycles. The molecule has 6 nitrogen and oxygen atoms in total. The van der Waals surface area contributed by atoms with Crippen molar-refractivity contribution in [2.24, 2.45) is 0 Å². The number of hydrogen-bond acceptors (Lipinski definition) is 6. The van der Waals surface area contributed by atoms with Gasteiger partial charge in [-0.1, -0.05) is 0 Å². The van der Waals surface area contributed by atoms with Crippen molar-refractivity contribution in [1.29, 1.82) is 0 Å². The highest BCUT2D eigenvalue weighted by atomic mass is 32.2. The molecule has 0 aliphatic heterocycles. The fraction of sp³-hybridized carbons (Fsp3) is 0.267. The van der Waals surface area contributed by atoms with Crippen molar-refractivity contribution < 1.29 is 19.4 Å². The monoisotopic (exact) mass is 352 g/mol. The Bertz CT molecular complexity index is 670. The van der Waals surface area contributed by atoms with Crippen LogP contribution in [0.5, 0.6) is 5.75 Å². The second-order valence-corrected chi connectivity index (χ2v) is 6.43. The first-order chi connectivity index (χ1) is 11.1. The third-order valence-corrected chi connectivity index (χ3v) is 4.67. The van der Waals surface area contributed by atoms with E-state index in [0.717, 1.165) is 16.3 Å². The SMILES string of the molecule is COc1ccc(-c2nc(C(=O)NCCSCC(=O)O)cs2)cc1. The molecule has 0 aliphatic carbocycles. The maximum absolute atomic E-state index is 12.0. The van der Waals surface area contributed by atoms with Gasteiger partial charge in [0.2, 0.25) is 0 Å². The molecule has 0 bridgehead atoms. The van der Waals surface area contributed by atoms with Crippen molar-refractivity contribution in [3.8, 4) is 16.3 Å². The molecule has 0 unspecified atom stereocenters. The number of rotatable bonds is 8. The smallest absolute Gasteiger partial charge is 0.313 e. The predicted octanol–water partition coefficient (Wildman–Crippen LogP) is 2.37. The molecule has 2 aromatic rings. The summed E-state index contributed by atoms with van der Waals surface area (Å²) >= 11 is 2.66. The van der Waals surface area contributed by atoms with Crippen LogP contribution >= 0.6 is 23.1 Å². The van der Waals surface area contributed by atoms with Gasteiger partial charge in [-0.05, 0) is 24.3 Å². The van der Waals surface area contributed by atoms with E-state index in [4.69, 9.17) is 9.84 Å². The topological polar surface area (TPSA) is 88.5 Å². The molecule has 0 fully saturated rings. The van der Waals surface area contributed by atoms with Gasteiger partial charge < -0.3 is 15.2 Å². The Morgan fingerprint density at radius 2 is 2.09 bits per heavy atom. The van der Waals surface area contributed by atoms with Crippen molar-refractivity contribution in [2.75, 3.05) is 25.2 Å². The summed E-state index contributed by atoms with van der Waals surface area (Å²) in [6, 6.07) is 7.47. The van der Waals surface area contributed by atoms with E-state index in [1.54, 1.807) is 12.5 Å². The molecule has 1 amide bonds. The number of carbonyl (C=O) groups excluding carboxylic acids is 1. The number of methoxy groups -OCH3 is 1. The summed E-state index contributed by atoms with van der Waals surface area (Å²) in [6.07, 6.45) is 0. The van der Waals surface area contributed by atoms with Crippen LogP contribution in [0.15, 0.2) is 29.6 Å². The normalized spacial score (nSPS) is 10.3. The van der Waals surface area contributed by atoms with Gasteiger partial charge in [0.15, 0.2) is 0 Å². The van der Waals surface area contributed by atoms with Crippen LogP contribution in [0.4, 0.5) is 0 Å². The number of carboxylic acid groups (broad SMARTS) is 1. The predicted molar refractivity (Wildman–Crippen MR) is 91.4 cm³/mol. The molecule has 0 atom stereocenters. The van der Waals surface area contributed by atoms with Gasteiger partial charge in [-0.25, -0.2) is 4.98 Å². The number of carbonyl (C=O) groups is 2. The number of amides is 1. The number of ether oxygens (including phenoxy) is 1. The lowest BCUT2D eigenvalue weighted by molar-refractivity contribution is -0.133. The quantitative estimate of drug-likeness (QED) is 0.709. The zero-order valence-electron chi connectivity index (χ0n) is 12.4. The van der Waals surface area contributed by atoms with Gasteiger partial charge in [0, 0.05) is 23.2 Å². The van der Waals surface area contributed by atoms with Crippen LogP contribution in [-0.4, -0.2) is 47.1 Å². The van der Waals surface area contributed by atoms with Crippen molar-refractivity contribution in [3.63, 3.8) is 0 Å². The van der Waals surface area contributed by atoms with Crippen LogP contribution < -0.4 is 10.1 Å². The number of benzene rings is 1. The van der Waals surface area contributed by atoms with E-state index in [1.165, 1.54) is 23.1 Å². The average Bonchev–Trinajstić information content (AvgIpc) is 3.04. The minimum atomic E-state index is -0.857. The van der Waals surface area contributed by atoms with Crippen LogP contribution in [0, 0.1) is 0 Å². The Morgan fingerprint density at radius 3 is 2.74 bits per heavy atom. The van der Waals surface area contributed by atoms with Crippen LogP contribution in [0.1, 0.15) is 10.5 Å². The van der Waals surface area contributed by atoms with E-state index in [9.17, 15) is 9.59 Å². The van der Waals surface area contributed by atoms with Gasteiger partial charge in [-0.3, -0.25) is 9.59 Å². The standard InChI is InChI=1S/C15H16N2O4S2/c1-21-11-4-2-10(3-5-11)15-17-12(8-23-15)14(20)16-6-7-22-9-13(18)19/h2-5,8H,6-7,9H2,1H3,(H,16,20)(H,18,19). The van der Waals surface area contributed by atoms with Crippen LogP contribution in [-0.2, 0) is 4.79 Å². The maximum atomic E-state index is 12.0. The molecule has 0 spiro atoms. The molecular formula is C15H16N2O4S2. The summed E-state index contributed by atoms with van der Waals surface area (Å²) in [5, 5.41) is 13.7. The number of nitrogens with zero attached hydrogens (tertiary/aromatic N) is 1. The highest BCUT2D eigenvalue weighted by Crippen LogP contribution is 2.25. The van der Waals surface area contributed by atoms with E-state index in [2.05, 4.69) is 10.3 Å². The molecule has 1 aromatic heterocycles. The highest BCUT2D eigenvalue weighted by Gasteiger charge is 2.11. The Balaban J connectivity index is 1.87. The number of thiazole rings is 1. The zero-order chi connectivity index (χ0) is 16.7. The lowest BCUT2D eigenvalue weighted by Gasteiger charge is -2.02. The second-order valence-electron chi connectivity index (χ2n) is 4.47. The summed E-state index contributed by atoms with van der Waals surface area (Å²) in [5.74, 6) is 0.242. The molecule has 122 valence electrons. The minimum absolute atomic E-state index is 0.0359. The van der Waals surface area contributed by atoms with Crippen LogP contribution in [0.2, 0.25) is 0 Å². The van der Waals surface area contributed by atoms with Gasteiger partial charge in [0.05, 0.1) is 12.9 Å². The number of aliphatic carboxylic acids is 1. The zero-order valence-corrected chi connectivity index (χ0v) is 14.1. The van der Waals surface area contributed by atoms with Crippen LogP contribution in [0.25, 0.3) is 10.6 Å². The number of nitrogens with one attached hydrogen (secondary N) is 1.